The smallest absolute Gasteiger partial charge is 0.264 e. The van der Waals surface area contributed by atoms with E-state index in [1.54, 1.807) is 0 Å². The number of hydrogen-bond acceptors (Lipinski definition) is 6. The maximum absolute atomic E-state index is 2.67. The van der Waals surface area contributed by atoms with Crippen LogP contribution in [0.3, 0.4) is 0 Å². The Hall–Kier alpha value is -9.75. The summed E-state index contributed by atoms with van der Waals surface area (Å²) >= 11 is 2.03. The molecule has 0 atom stereocenters. The molecule has 0 N–H and O–H groups in total. The fraction of sp³-hybridized carbons (Fsp3) is 0.0141. The summed E-state index contributed by atoms with van der Waals surface area (Å²) in [6.45, 7) is 2.14. The second-order valence-corrected chi connectivity index (χ2v) is 22.4. The normalized spacial score (nSPS) is 13.5. The van der Waals surface area contributed by atoms with Crippen LogP contribution in [0.5, 0.6) is 0 Å². The van der Waals surface area contributed by atoms with Gasteiger partial charge in [-0.15, -0.1) is 0 Å². The molecular formula is C71H47B2N5S. The molecule has 6 heterocycles. The van der Waals surface area contributed by atoms with E-state index in [1.807, 2.05) is 11.3 Å². The van der Waals surface area contributed by atoms with Crippen LogP contribution < -0.4 is 55.9 Å². The third-order valence-corrected chi connectivity index (χ3v) is 18.2. The van der Waals surface area contributed by atoms with Gasteiger partial charge in [-0.1, -0.05) is 170 Å². The Balaban J connectivity index is 0.997. The summed E-state index contributed by atoms with van der Waals surface area (Å²) in [4.78, 5) is 12.8. The largest absolute Gasteiger partial charge is 0.311 e. The fourth-order valence-corrected chi connectivity index (χ4v) is 15.2. The summed E-state index contributed by atoms with van der Waals surface area (Å²) in [5, 5.41) is 0. The van der Waals surface area contributed by atoms with Crippen molar-refractivity contribution < 1.29 is 0 Å². The van der Waals surface area contributed by atoms with Crippen molar-refractivity contribution in [2.24, 2.45) is 0 Å². The number of nitrogens with zero attached hydrogens (tertiary/aromatic N) is 5. The lowest BCUT2D eigenvalue weighted by Gasteiger charge is -2.49. The molecule has 0 amide bonds. The van der Waals surface area contributed by atoms with E-state index in [-0.39, 0.29) is 13.4 Å². The Kier molecular flexibility index (Phi) is 9.62. The van der Waals surface area contributed by atoms with Crippen LogP contribution in [0.15, 0.2) is 267 Å². The minimum atomic E-state index is -0.0952. The lowest BCUT2D eigenvalue weighted by molar-refractivity contribution is 1.17. The number of thiophene rings is 1. The fourth-order valence-electron chi connectivity index (χ4n) is 13.7. The van der Waals surface area contributed by atoms with Crippen LogP contribution in [-0.2, 0) is 0 Å². The molecule has 0 fully saturated rings. The molecule has 5 aliphatic heterocycles. The van der Waals surface area contributed by atoms with E-state index in [2.05, 4.69) is 298 Å². The van der Waals surface area contributed by atoms with Crippen LogP contribution in [0.1, 0.15) is 5.56 Å². The Bertz CT molecular complexity index is 4380. The highest BCUT2D eigenvalue weighted by atomic mass is 32.1. The third kappa shape index (κ3) is 6.47. The molecule has 0 radical (unpaired) electrons. The van der Waals surface area contributed by atoms with Crippen molar-refractivity contribution in [2.45, 2.75) is 6.92 Å². The van der Waals surface area contributed by atoms with E-state index >= 15 is 0 Å². The molecule has 5 nitrogen and oxygen atoms in total. The molecule has 0 saturated carbocycles. The molecule has 79 heavy (non-hydrogen) atoms. The number of hydrogen-bond donors (Lipinski definition) is 0. The number of anilines is 15. The number of aryl methyl sites for hydroxylation is 1. The van der Waals surface area contributed by atoms with Crippen molar-refractivity contribution in [3.8, 4) is 22.3 Å². The highest BCUT2D eigenvalue weighted by molar-refractivity contribution is 7.39. The Morgan fingerprint density at radius 3 is 1.27 bits per heavy atom. The molecule has 11 aromatic carbocycles. The molecule has 0 bridgehead atoms. The van der Waals surface area contributed by atoms with Crippen LogP contribution in [0.25, 0.3) is 22.3 Å². The summed E-state index contributed by atoms with van der Waals surface area (Å²) in [5.41, 5.74) is 29.0. The second-order valence-electron chi connectivity index (χ2n) is 21.3. The van der Waals surface area contributed by atoms with Crippen molar-refractivity contribution in [1.29, 1.82) is 0 Å². The summed E-state index contributed by atoms with van der Waals surface area (Å²) in [5.74, 6) is 0. The number of para-hydroxylation sites is 6. The topological polar surface area (TPSA) is 16.2 Å². The van der Waals surface area contributed by atoms with Crippen molar-refractivity contribution in [3.63, 3.8) is 0 Å². The number of benzene rings is 11. The molecule has 0 saturated heterocycles. The highest BCUT2D eigenvalue weighted by Gasteiger charge is 2.54. The van der Waals surface area contributed by atoms with Crippen LogP contribution in [0.4, 0.5) is 85.3 Å². The van der Waals surface area contributed by atoms with E-state index in [1.165, 1.54) is 110 Å². The van der Waals surface area contributed by atoms with Gasteiger partial charge in [0.25, 0.3) is 13.4 Å². The zero-order chi connectivity index (χ0) is 51.9. The van der Waals surface area contributed by atoms with Crippen LogP contribution in [-0.4, -0.2) is 13.4 Å². The Morgan fingerprint density at radius 1 is 0.304 bits per heavy atom. The molecule has 0 spiro atoms. The lowest BCUT2D eigenvalue weighted by atomic mass is 9.35. The summed E-state index contributed by atoms with van der Waals surface area (Å²) in [7, 11) is 0. The summed E-state index contributed by atoms with van der Waals surface area (Å²) in [6, 6.07) is 99.1. The van der Waals surface area contributed by atoms with Crippen molar-refractivity contribution in [2.75, 3.05) is 24.5 Å². The molecule has 12 aromatic rings. The molecule has 0 unspecified atom stereocenters. The first-order valence-corrected chi connectivity index (χ1v) is 28.1. The number of rotatable bonds is 7. The van der Waals surface area contributed by atoms with E-state index in [0.29, 0.717) is 0 Å². The zero-order valence-electron chi connectivity index (χ0n) is 43.2. The SMILES string of the molecule is Cc1cc2c3c(c1)N1c4ccccc4N4c5cc(N(c6ccccc6)c6ccccc6)cc6c5B(c5cc(-c7ccccc7)ccc5N6c5ccccc5)c5sc(c1c54)B3c1ccc(-c3ccccc3)cc1N2c1ccccc1. The van der Waals surface area contributed by atoms with E-state index in [4.69, 9.17) is 0 Å². The first-order chi connectivity index (χ1) is 39.1. The monoisotopic (exact) mass is 1020 g/mol. The minimum Gasteiger partial charge on any atom is -0.311 e. The Morgan fingerprint density at radius 2 is 0.722 bits per heavy atom. The molecule has 0 aliphatic carbocycles. The number of fused-ring (bicyclic) bond motifs is 11. The molecule has 8 heteroatoms. The highest BCUT2D eigenvalue weighted by Crippen LogP contribution is 2.59. The Labute approximate surface area is 464 Å². The van der Waals surface area contributed by atoms with Crippen molar-refractivity contribution in [3.05, 3.63) is 272 Å². The average molecular weight is 1020 g/mol. The maximum Gasteiger partial charge on any atom is 0.264 e. The van der Waals surface area contributed by atoms with Crippen molar-refractivity contribution >= 4 is 141 Å². The maximum atomic E-state index is 2.67. The van der Waals surface area contributed by atoms with Crippen LogP contribution >= 0.6 is 11.3 Å². The van der Waals surface area contributed by atoms with E-state index in [9.17, 15) is 0 Å². The molecule has 368 valence electrons. The van der Waals surface area contributed by atoms with Gasteiger partial charge in [-0.05, 0) is 154 Å². The molecule has 1 aromatic heterocycles. The van der Waals surface area contributed by atoms with Gasteiger partial charge in [-0.25, -0.2) is 0 Å². The first kappa shape index (κ1) is 44.4. The molecule has 17 rings (SSSR count). The molecule has 5 aliphatic rings. The predicted octanol–water partition coefficient (Wildman–Crippen LogP) is 15.3. The van der Waals surface area contributed by atoms with Gasteiger partial charge in [-0.3, -0.25) is 0 Å². The standard InChI is InChI=1S/C71H47B2N5S/c1-46-40-62-66-63(41-46)77-59-34-20-21-35-60(59)78-65-45-55(74(51-26-12-4-13-27-51)52-28-14-5-15-29-52)44-64-67(65)73(57-42-49(47-22-8-2-9-23-47)37-39-58(57)75(64)53-30-16-6-17-31-53)71-69(78)68(77)70(79-71)72(66)56-38-36-50(48-24-10-3-11-25-48)43-61(56)76(62)54-32-18-7-19-33-54/h2-45H,1H3. The lowest BCUT2D eigenvalue weighted by Crippen LogP contribution is -2.61. The first-order valence-electron chi connectivity index (χ1n) is 27.3. The molecular weight excluding hydrogens is 977 g/mol. The van der Waals surface area contributed by atoms with Gasteiger partial charge in [0.05, 0.1) is 28.4 Å². The van der Waals surface area contributed by atoms with E-state index in [0.717, 1.165) is 34.1 Å². The van der Waals surface area contributed by atoms with Gasteiger partial charge >= 0.3 is 0 Å². The van der Waals surface area contributed by atoms with Crippen LogP contribution in [0, 0.1) is 6.92 Å². The zero-order valence-corrected chi connectivity index (χ0v) is 44.0. The van der Waals surface area contributed by atoms with Crippen LogP contribution in [0.2, 0.25) is 0 Å². The van der Waals surface area contributed by atoms with Crippen molar-refractivity contribution in [1.82, 2.24) is 0 Å². The third-order valence-electron chi connectivity index (χ3n) is 16.9. The average Bonchev–Trinajstić information content (AvgIpc) is 2.50. The quantitative estimate of drug-likeness (QED) is 0.147. The summed E-state index contributed by atoms with van der Waals surface area (Å²) < 4.78 is 2.74. The van der Waals surface area contributed by atoms with Gasteiger partial charge < -0.3 is 24.5 Å². The van der Waals surface area contributed by atoms with Gasteiger partial charge in [0.15, 0.2) is 0 Å². The van der Waals surface area contributed by atoms with Gasteiger partial charge in [0.1, 0.15) is 0 Å². The summed E-state index contributed by atoms with van der Waals surface area (Å²) in [6.07, 6.45) is 0. The van der Waals surface area contributed by atoms with Gasteiger partial charge in [0, 0.05) is 66.4 Å². The minimum absolute atomic E-state index is 0.0383. The van der Waals surface area contributed by atoms with E-state index < -0.39 is 0 Å². The second kappa shape index (κ2) is 17.1. The van der Waals surface area contributed by atoms with Gasteiger partial charge in [-0.2, -0.15) is 11.3 Å². The van der Waals surface area contributed by atoms with Gasteiger partial charge in [0.2, 0.25) is 0 Å². The predicted molar refractivity (Wildman–Crippen MR) is 336 cm³/mol.